The summed E-state index contributed by atoms with van der Waals surface area (Å²) in [6, 6.07) is 0. The topological polar surface area (TPSA) is 91.7 Å². The summed E-state index contributed by atoms with van der Waals surface area (Å²) in [5.74, 6) is -4.48. The molecule has 0 aromatic carbocycles. The zero-order valence-corrected chi connectivity index (χ0v) is 8.73. The van der Waals surface area contributed by atoms with E-state index in [1.165, 1.54) is 0 Å². The van der Waals surface area contributed by atoms with Gasteiger partial charge in [0.25, 0.3) is 0 Å². The summed E-state index contributed by atoms with van der Waals surface area (Å²) in [5, 5.41) is 17.1. The maximum absolute atomic E-state index is 11.4. The molecule has 0 aliphatic carbocycles. The lowest BCUT2D eigenvalue weighted by molar-refractivity contribution is -0.152. The number of carbonyl (C=O) groups excluding carboxylic acids is 1. The maximum atomic E-state index is 11.4. The van der Waals surface area contributed by atoms with Gasteiger partial charge in [0, 0.05) is 6.42 Å². The Morgan fingerprint density at radius 1 is 1.13 bits per heavy atom. The van der Waals surface area contributed by atoms with E-state index in [1.54, 1.807) is 0 Å². The quantitative estimate of drug-likeness (QED) is 0.471. The van der Waals surface area contributed by atoms with Gasteiger partial charge in [-0.15, -0.1) is 0 Å². The van der Waals surface area contributed by atoms with Crippen LogP contribution in [0.5, 0.6) is 0 Å². The van der Waals surface area contributed by atoms with Crippen molar-refractivity contribution in [2.45, 2.75) is 39.0 Å². The van der Waals surface area contributed by atoms with Crippen molar-refractivity contribution in [3.05, 3.63) is 0 Å². The largest absolute Gasteiger partial charge is 0.481 e. The summed E-state index contributed by atoms with van der Waals surface area (Å²) >= 11 is 0. The van der Waals surface area contributed by atoms with Gasteiger partial charge >= 0.3 is 11.9 Å². The molecule has 0 aromatic heterocycles. The number of carboxylic acid groups (broad SMARTS) is 2. The van der Waals surface area contributed by atoms with Crippen molar-refractivity contribution in [2.24, 2.45) is 5.92 Å². The molecule has 0 saturated heterocycles. The summed E-state index contributed by atoms with van der Waals surface area (Å²) in [4.78, 5) is 32.3. The Hall–Kier alpha value is -1.39. The minimum absolute atomic E-state index is 0.151. The van der Waals surface area contributed by atoms with Crippen LogP contribution >= 0.6 is 0 Å². The molecule has 0 aliphatic rings. The first-order chi connectivity index (χ1) is 6.99. The van der Waals surface area contributed by atoms with Gasteiger partial charge in [-0.05, 0) is 6.42 Å². The van der Waals surface area contributed by atoms with E-state index in [2.05, 4.69) is 0 Å². The van der Waals surface area contributed by atoms with Gasteiger partial charge < -0.3 is 10.2 Å². The van der Waals surface area contributed by atoms with Gasteiger partial charge in [0.15, 0.2) is 0 Å². The highest BCUT2D eigenvalue weighted by atomic mass is 16.4. The van der Waals surface area contributed by atoms with Crippen molar-refractivity contribution >= 4 is 17.7 Å². The molecule has 0 rings (SSSR count). The van der Waals surface area contributed by atoms with Crippen molar-refractivity contribution < 1.29 is 24.6 Å². The van der Waals surface area contributed by atoms with Gasteiger partial charge in [-0.2, -0.15) is 0 Å². The van der Waals surface area contributed by atoms with Crippen molar-refractivity contribution in [1.82, 2.24) is 0 Å². The lowest BCUT2D eigenvalue weighted by atomic mass is 9.96. The first kappa shape index (κ1) is 13.6. The van der Waals surface area contributed by atoms with E-state index in [0.717, 1.165) is 12.8 Å². The number of ketones is 1. The van der Waals surface area contributed by atoms with Crippen molar-refractivity contribution in [3.63, 3.8) is 0 Å². The molecule has 0 heterocycles. The van der Waals surface area contributed by atoms with Gasteiger partial charge in [-0.1, -0.05) is 19.8 Å². The zero-order valence-electron chi connectivity index (χ0n) is 8.73. The molecule has 0 spiro atoms. The normalized spacial score (nSPS) is 12.1. The molecule has 0 fully saturated rings. The molecule has 0 aromatic rings. The summed E-state index contributed by atoms with van der Waals surface area (Å²) in [6.07, 6.45) is 1.94. The van der Waals surface area contributed by atoms with Crippen LogP contribution in [0.2, 0.25) is 0 Å². The Morgan fingerprint density at radius 2 is 1.73 bits per heavy atom. The van der Waals surface area contributed by atoms with Crippen LogP contribution in [0.1, 0.15) is 39.0 Å². The predicted octanol–water partition coefficient (Wildman–Crippen LogP) is 1.31. The average Bonchev–Trinajstić information content (AvgIpc) is 2.13. The van der Waals surface area contributed by atoms with Crippen LogP contribution in [0, 0.1) is 5.92 Å². The highest BCUT2D eigenvalue weighted by Gasteiger charge is 2.27. The second-order valence-corrected chi connectivity index (χ2v) is 3.41. The van der Waals surface area contributed by atoms with E-state index < -0.39 is 30.1 Å². The summed E-state index contributed by atoms with van der Waals surface area (Å²) in [7, 11) is 0. The summed E-state index contributed by atoms with van der Waals surface area (Å²) in [5.41, 5.74) is 0. The number of unbranched alkanes of at least 4 members (excludes halogenated alkanes) is 2. The Morgan fingerprint density at radius 3 is 2.13 bits per heavy atom. The number of carbonyl (C=O) groups is 3. The van der Waals surface area contributed by atoms with E-state index in [-0.39, 0.29) is 6.42 Å². The lowest BCUT2D eigenvalue weighted by Gasteiger charge is -2.07. The fraction of sp³-hybridized carbons (Fsp3) is 0.700. The molecule has 15 heavy (non-hydrogen) atoms. The maximum Gasteiger partial charge on any atom is 0.314 e. The zero-order chi connectivity index (χ0) is 11.8. The van der Waals surface area contributed by atoms with Crippen molar-refractivity contribution in [3.8, 4) is 0 Å². The van der Waals surface area contributed by atoms with Gasteiger partial charge in [0.1, 0.15) is 11.7 Å². The summed E-state index contributed by atoms with van der Waals surface area (Å²) < 4.78 is 0. The lowest BCUT2D eigenvalue weighted by Crippen LogP contribution is -2.26. The number of hydrogen-bond donors (Lipinski definition) is 2. The first-order valence-electron chi connectivity index (χ1n) is 4.96. The fourth-order valence-corrected chi connectivity index (χ4v) is 1.24. The van der Waals surface area contributed by atoms with E-state index in [9.17, 15) is 14.4 Å². The smallest absolute Gasteiger partial charge is 0.314 e. The molecule has 0 amide bonds. The second kappa shape index (κ2) is 6.98. The number of aliphatic carboxylic acids is 2. The van der Waals surface area contributed by atoms with Gasteiger partial charge in [-0.3, -0.25) is 14.4 Å². The Balaban J connectivity index is 4.17. The molecule has 0 radical (unpaired) electrons. The van der Waals surface area contributed by atoms with Crippen LogP contribution in [-0.4, -0.2) is 27.9 Å². The van der Waals surface area contributed by atoms with Crippen molar-refractivity contribution in [2.75, 3.05) is 0 Å². The number of carboxylic acids is 2. The molecule has 0 saturated carbocycles. The van der Waals surface area contributed by atoms with Crippen LogP contribution in [0.3, 0.4) is 0 Å². The molecule has 1 atom stereocenters. The Labute approximate surface area is 88.1 Å². The molecule has 5 heteroatoms. The predicted molar refractivity (Wildman–Crippen MR) is 52.5 cm³/mol. The van der Waals surface area contributed by atoms with Crippen LogP contribution < -0.4 is 0 Å². The van der Waals surface area contributed by atoms with E-state index in [0.29, 0.717) is 6.42 Å². The standard InChI is InChI=1S/C10H16O5/c1-2-3-4-5-8(11)7(10(14)15)6-9(12)13/h7H,2-6H2,1H3,(H,12,13)(H,14,15). The average molecular weight is 216 g/mol. The minimum Gasteiger partial charge on any atom is -0.481 e. The second-order valence-electron chi connectivity index (χ2n) is 3.41. The van der Waals surface area contributed by atoms with E-state index >= 15 is 0 Å². The van der Waals surface area contributed by atoms with Crippen molar-refractivity contribution in [1.29, 1.82) is 0 Å². The fourth-order valence-electron chi connectivity index (χ4n) is 1.24. The van der Waals surface area contributed by atoms with Crippen LogP contribution in [0.15, 0.2) is 0 Å². The summed E-state index contributed by atoms with van der Waals surface area (Å²) in [6.45, 7) is 1.97. The molecule has 86 valence electrons. The third-order valence-corrected chi connectivity index (χ3v) is 2.09. The van der Waals surface area contributed by atoms with Crippen LogP contribution in [0.25, 0.3) is 0 Å². The van der Waals surface area contributed by atoms with Gasteiger partial charge in [0.05, 0.1) is 6.42 Å². The third kappa shape index (κ3) is 5.83. The highest BCUT2D eigenvalue weighted by molar-refractivity contribution is 6.00. The Kier molecular flexibility index (Phi) is 6.33. The minimum atomic E-state index is -1.39. The number of rotatable bonds is 8. The van der Waals surface area contributed by atoms with Crippen LogP contribution in [0.4, 0.5) is 0 Å². The molecule has 1 unspecified atom stereocenters. The van der Waals surface area contributed by atoms with Gasteiger partial charge in [0.2, 0.25) is 0 Å². The highest BCUT2D eigenvalue weighted by Crippen LogP contribution is 2.11. The van der Waals surface area contributed by atoms with E-state index in [1.807, 2.05) is 6.92 Å². The SMILES string of the molecule is CCCCCC(=O)C(CC(=O)O)C(=O)O. The molecular weight excluding hydrogens is 200 g/mol. The molecular formula is C10H16O5. The monoisotopic (exact) mass is 216 g/mol. The number of Topliss-reactive ketones (excluding diaryl/α,β-unsaturated/α-hetero) is 1. The van der Waals surface area contributed by atoms with Gasteiger partial charge in [-0.25, -0.2) is 0 Å². The molecule has 5 nitrogen and oxygen atoms in total. The molecule has 0 bridgehead atoms. The van der Waals surface area contributed by atoms with E-state index in [4.69, 9.17) is 10.2 Å². The van der Waals surface area contributed by atoms with Crippen LogP contribution in [-0.2, 0) is 14.4 Å². The molecule has 2 N–H and O–H groups in total. The first-order valence-corrected chi connectivity index (χ1v) is 4.96. The number of hydrogen-bond acceptors (Lipinski definition) is 3. The molecule has 0 aliphatic heterocycles. The third-order valence-electron chi connectivity index (χ3n) is 2.09. The Bertz CT molecular complexity index is 246.